The van der Waals surface area contributed by atoms with Crippen molar-refractivity contribution in [1.29, 1.82) is 0 Å². The summed E-state index contributed by atoms with van der Waals surface area (Å²) in [5.74, 6) is 0.791. The number of urea groups is 1. The Morgan fingerprint density at radius 2 is 2.12 bits per heavy atom. The zero-order chi connectivity index (χ0) is 16.4. The lowest BCUT2D eigenvalue weighted by atomic mass is 10.1. The molecule has 1 fully saturated rings. The summed E-state index contributed by atoms with van der Waals surface area (Å²) in [5.41, 5.74) is 1.81. The second-order valence-electron chi connectivity index (χ2n) is 5.72. The number of nitrogens with one attached hydrogen (secondary N) is 2. The summed E-state index contributed by atoms with van der Waals surface area (Å²) in [5, 5.41) is 15.8. The Hall–Kier alpha value is -2.67. The Morgan fingerprint density at radius 1 is 1.25 bits per heavy atom. The number of rotatable bonds is 5. The molecule has 1 aromatic carbocycles. The van der Waals surface area contributed by atoms with E-state index in [0.29, 0.717) is 12.6 Å². The van der Waals surface area contributed by atoms with Gasteiger partial charge in [-0.15, -0.1) is 21.5 Å². The molecule has 2 N–H and O–H groups in total. The smallest absolute Gasteiger partial charge is 0.319 e. The fourth-order valence-electron chi connectivity index (χ4n) is 2.62. The van der Waals surface area contributed by atoms with Crippen LogP contribution in [0.25, 0.3) is 10.4 Å². The molecule has 0 radical (unpaired) electrons. The molecule has 2 amide bonds. The van der Waals surface area contributed by atoms with Crippen molar-refractivity contribution < 1.29 is 4.79 Å². The quantitative estimate of drug-likeness (QED) is 0.745. The van der Waals surface area contributed by atoms with E-state index < -0.39 is 0 Å². The van der Waals surface area contributed by atoms with E-state index in [1.807, 2.05) is 46.3 Å². The highest BCUT2D eigenvalue weighted by atomic mass is 32.1. The van der Waals surface area contributed by atoms with Crippen molar-refractivity contribution in [3.05, 3.63) is 53.9 Å². The number of carbonyl (C=O) groups excluding carboxylic acids is 1. The molecule has 2 heterocycles. The van der Waals surface area contributed by atoms with Crippen LogP contribution < -0.4 is 10.6 Å². The summed E-state index contributed by atoms with van der Waals surface area (Å²) in [6.07, 6.45) is 4.05. The molecule has 2 aromatic heterocycles. The van der Waals surface area contributed by atoms with Crippen molar-refractivity contribution in [2.45, 2.75) is 25.4 Å². The Labute approximate surface area is 143 Å². The average molecular weight is 339 g/mol. The van der Waals surface area contributed by atoms with E-state index >= 15 is 0 Å². The first kappa shape index (κ1) is 14.9. The molecule has 0 saturated heterocycles. The first-order valence-corrected chi connectivity index (χ1v) is 8.75. The number of anilines is 1. The maximum atomic E-state index is 12.2. The zero-order valence-corrected chi connectivity index (χ0v) is 13.8. The molecule has 3 aromatic rings. The van der Waals surface area contributed by atoms with Gasteiger partial charge in [-0.05, 0) is 30.4 Å². The highest BCUT2D eigenvalue weighted by Crippen LogP contribution is 2.35. The number of thiophene rings is 1. The number of benzene rings is 1. The fourth-order valence-corrected chi connectivity index (χ4v) is 3.38. The molecule has 0 bridgehead atoms. The molecule has 24 heavy (non-hydrogen) atoms. The van der Waals surface area contributed by atoms with Crippen LogP contribution in [0.2, 0.25) is 0 Å². The van der Waals surface area contributed by atoms with E-state index in [9.17, 15) is 4.79 Å². The van der Waals surface area contributed by atoms with Crippen molar-refractivity contribution in [3.63, 3.8) is 0 Å². The minimum absolute atomic E-state index is 0.246. The van der Waals surface area contributed by atoms with Gasteiger partial charge in [0.15, 0.2) is 5.82 Å². The molecule has 0 spiro atoms. The van der Waals surface area contributed by atoms with Crippen molar-refractivity contribution >= 4 is 23.1 Å². The van der Waals surface area contributed by atoms with Gasteiger partial charge in [-0.2, -0.15) is 0 Å². The molecule has 1 aliphatic rings. The monoisotopic (exact) mass is 339 g/mol. The zero-order valence-electron chi connectivity index (χ0n) is 13.0. The predicted molar refractivity (Wildman–Crippen MR) is 93.9 cm³/mol. The molecular weight excluding hydrogens is 322 g/mol. The van der Waals surface area contributed by atoms with Crippen LogP contribution in [0.15, 0.2) is 48.1 Å². The van der Waals surface area contributed by atoms with Gasteiger partial charge in [0.05, 0.1) is 12.2 Å². The number of aromatic nitrogens is 3. The highest BCUT2D eigenvalue weighted by Gasteiger charge is 2.26. The first-order chi connectivity index (χ1) is 11.8. The van der Waals surface area contributed by atoms with Crippen LogP contribution in [0.1, 0.15) is 24.7 Å². The maximum Gasteiger partial charge on any atom is 0.319 e. The number of carbonyl (C=O) groups is 1. The molecule has 4 rings (SSSR count). The summed E-state index contributed by atoms with van der Waals surface area (Å²) in [4.78, 5) is 13.4. The van der Waals surface area contributed by atoms with Gasteiger partial charge in [0.1, 0.15) is 6.33 Å². The minimum atomic E-state index is -0.246. The maximum absolute atomic E-state index is 12.2. The number of amides is 2. The number of para-hydroxylation sites is 1. The van der Waals surface area contributed by atoms with Gasteiger partial charge in [-0.3, -0.25) is 0 Å². The standard InChI is InChI=1S/C17H17N5OS/c23-17(18-10-16-21-19-11-22(16)12-7-8-12)20-14-5-2-1-4-13(14)15-6-3-9-24-15/h1-6,9,11-12H,7-8,10H2,(H2,18,20,23). The van der Waals surface area contributed by atoms with Crippen LogP contribution in [0.5, 0.6) is 0 Å². The number of nitrogens with zero attached hydrogens (tertiary/aromatic N) is 3. The van der Waals surface area contributed by atoms with Gasteiger partial charge in [-0.1, -0.05) is 24.3 Å². The minimum Gasteiger partial charge on any atom is -0.331 e. The van der Waals surface area contributed by atoms with E-state index in [1.165, 1.54) is 0 Å². The van der Waals surface area contributed by atoms with Gasteiger partial charge >= 0.3 is 6.03 Å². The molecule has 6 nitrogen and oxygen atoms in total. The van der Waals surface area contributed by atoms with Crippen molar-refractivity contribution in [1.82, 2.24) is 20.1 Å². The lowest BCUT2D eigenvalue weighted by Gasteiger charge is -2.11. The van der Waals surface area contributed by atoms with Gasteiger partial charge in [0.2, 0.25) is 0 Å². The van der Waals surface area contributed by atoms with Gasteiger partial charge in [0, 0.05) is 16.5 Å². The Bertz CT molecular complexity index is 838. The third-order valence-corrected chi connectivity index (χ3v) is 4.86. The largest absolute Gasteiger partial charge is 0.331 e. The van der Waals surface area contributed by atoms with E-state index in [4.69, 9.17) is 0 Å². The molecule has 1 saturated carbocycles. The Morgan fingerprint density at radius 3 is 2.92 bits per heavy atom. The van der Waals surface area contributed by atoms with Crippen LogP contribution in [0, 0.1) is 0 Å². The second kappa shape index (κ2) is 6.45. The van der Waals surface area contributed by atoms with Gasteiger partial charge < -0.3 is 15.2 Å². The van der Waals surface area contributed by atoms with Gasteiger partial charge in [0.25, 0.3) is 0 Å². The van der Waals surface area contributed by atoms with Gasteiger partial charge in [-0.25, -0.2) is 4.79 Å². The Balaban J connectivity index is 1.42. The third kappa shape index (κ3) is 3.16. The Kier molecular flexibility index (Phi) is 4.00. The van der Waals surface area contributed by atoms with Crippen molar-refractivity contribution in [3.8, 4) is 10.4 Å². The summed E-state index contributed by atoms with van der Waals surface area (Å²) in [6, 6.07) is 12.1. The second-order valence-corrected chi connectivity index (χ2v) is 6.66. The van der Waals surface area contributed by atoms with E-state index in [2.05, 4.69) is 20.8 Å². The van der Waals surface area contributed by atoms with Crippen LogP contribution in [0.4, 0.5) is 10.5 Å². The normalized spacial score (nSPS) is 13.7. The topological polar surface area (TPSA) is 71.8 Å². The summed E-state index contributed by atoms with van der Waals surface area (Å²) >= 11 is 1.65. The van der Waals surface area contributed by atoms with Crippen LogP contribution in [-0.4, -0.2) is 20.8 Å². The lowest BCUT2D eigenvalue weighted by Crippen LogP contribution is -2.29. The average Bonchev–Trinajstić information content (AvgIpc) is 3.11. The SMILES string of the molecule is O=C(NCc1nncn1C1CC1)Nc1ccccc1-c1cccs1. The highest BCUT2D eigenvalue weighted by molar-refractivity contribution is 7.13. The molecule has 1 aliphatic carbocycles. The van der Waals surface area contributed by atoms with E-state index in [1.54, 1.807) is 17.7 Å². The molecular formula is C17H17N5OS. The molecule has 0 unspecified atom stereocenters. The first-order valence-electron chi connectivity index (χ1n) is 7.87. The van der Waals surface area contributed by atoms with E-state index in [-0.39, 0.29) is 6.03 Å². The molecule has 122 valence electrons. The predicted octanol–water partition coefficient (Wildman–Crippen LogP) is 3.66. The number of hydrogen-bond acceptors (Lipinski definition) is 4. The summed E-state index contributed by atoms with van der Waals surface area (Å²) in [7, 11) is 0. The lowest BCUT2D eigenvalue weighted by molar-refractivity contribution is 0.251. The fraction of sp³-hybridized carbons (Fsp3) is 0.235. The van der Waals surface area contributed by atoms with Crippen LogP contribution in [0.3, 0.4) is 0 Å². The molecule has 7 heteroatoms. The molecule has 0 aliphatic heterocycles. The van der Waals surface area contributed by atoms with E-state index in [0.717, 1.165) is 34.8 Å². The number of hydrogen-bond donors (Lipinski definition) is 2. The summed E-state index contributed by atoms with van der Waals surface area (Å²) in [6.45, 7) is 0.365. The third-order valence-electron chi connectivity index (χ3n) is 3.96. The summed E-state index contributed by atoms with van der Waals surface area (Å²) < 4.78 is 2.04. The van der Waals surface area contributed by atoms with Crippen LogP contribution in [-0.2, 0) is 6.54 Å². The molecule has 0 atom stereocenters. The van der Waals surface area contributed by atoms with Crippen molar-refractivity contribution in [2.24, 2.45) is 0 Å². The van der Waals surface area contributed by atoms with Crippen LogP contribution >= 0.6 is 11.3 Å². The van der Waals surface area contributed by atoms with Crippen molar-refractivity contribution in [2.75, 3.05) is 5.32 Å².